The lowest BCUT2D eigenvalue weighted by atomic mass is 10.0. The molecule has 0 bridgehead atoms. The van der Waals surface area contributed by atoms with E-state index in [4.69, 9.17) is 0 Å². The molecule has 0 aliphatic carbocycles. The molecule has 0 saturated heterocycles. The fraction of sp³-hybridized carbons (Fsp3) is 0.0769. The van der Waals surface area contributed by atoms with Crippen molar-refractivity contribution >= 4 is 33.8 Å². The monoisotopic (exact) mass is 426 g/mol. The van der Waals surface area contributed by atoms with Gasteiger partial charge < -0.3 is 10.6 Å². The third-order valence-corrected chi connectivity index (χ3v) is 5.82. The van der Waals surface area contributed by atoms with Crippen molar-refractivity contribution in [1.29, 1.82) is 0 Å². The highest BCUT2D eigenvalue weighted by Crippen LogP contribution is 2.36. The number of aryl methyl sites for hydroxylation is 2. The van der Waals surface area contributed by atoms with Gasteiger partial charge in [0, 0.05) is 22.2 Å². The van der Waals surface area contributed by atoms with Gasteiger partial charge in [-0.25, -0.2) is 0 Å². The van der Waals surface area contributed by atoms with Gasteiger partial charge in [0.25, 0.3) is 11.8 Å². The molecule has 31 heavy (non-hydrogen) atoms. The number of hydrogen-bond acceptors (Lipinski definition) is 3. The van der Waals surface area contributed by atoms with Crippen LogP contribution in [0.4, 0.5) is 10.7 Å². The van der Waals surface area contributed by atoms with E-state index < -0.39 is 0 Å². The van der Waals surface area contributed by atoms with Crippen LogP contribution in [-0.4, -0.2) is 11.8 Å². The molecule has 0 aliphatic heterocycles. The highest BCUT2D eigenvalue weighted by Gasteiger charge is 2.22. The molecule has 0 fully saturated rings. The van der Waals surface area contributed by atoms with Crippen molar-refractivity contribution in [3.8, 4) is 11.1 Å². The predicted octanol–water partition coefficient (Wildman–Crippen LogP) is 6.54. The average Bonchev–Trinajstić information content (AvgIpc) is 3.18. The van der Waals surface area contributed by atoms with Crippen LogP contribution in [0.25, 0.3) is 11.1 Å². The van der Waals surface area contributed by atoms with Gasteiger partial charge in [0.05, 0.1) is 5.56 Å². The highest BCUT2D eigenvalue weighted by atomic mass is 32.1. The molecule has 3 aromatic carbocycles. The lowest BCUT2D eigenvalue weighted by Gasteiger charge is -2.11. The SMILES string of the molecule is Cc1ccc(C(=O)Nc2scc(-c3ccccc3)c2C(=O)Nc2cccc(C)c2)cc1. The quantitative estimate of drug-likeness (QED) is 0.381. The standard InChI is InChI=1S/C26H22N2O2S/c1-17-11-13-20(14-12-17)24(29)28-26-23(22(16-31-26)19-8-4-3-5-9-19)25(30)27-21-10-6-7-18(2)15-21/h3-16H,1-2H3,(H,27,30)(H,28,29). The number of rotatable bonds is 5. The first-order chi connectivity index (χ1) is 15.0. The second-order valence-corrected chi connectivity index (χ2v) is 8.24. The molecule has 154 valence electrons. The van der Waals surface area contributed by atoms with E-state index in [1.165, 1.54) is 11.3 Å². The Morgan fingerprint density at radius 3 is 2.19 bits per heavy atom. The average molecular weight is 427 g/mol. The maximum absolute atomic E-state index is 13.3. The number of carbonyl (C=O) groups excluding carboxylic acids is 2. The zero-order valence-corrected chi connectivity index (χ0v) is 18.1. The third kappa shape index (κ3) is 4.73. The van der Waals surface area contributed by atoms with Crippen LogP contribution in [0.3, 0.4) is 0 Å². The van der Waals surface area contributed by atoms with Gasteiger partial charge in [-0.2, -0.15) is 0 Å². The lowest BCUT2D eigenvalue weighted by Crippen LogP contribution is -2.17. The summed E-state index contributed by atoms with van der Waals surface area (Å²) in [5.41, 5.74) is 5.56. The molecule has 0 unspecified atom stereocenters. The van der Waals surface area contributed by atoms with E-state index in [0.29, 0.717) is 21.8 Å². The second kappa shape index (κ2) is 8.98. The molecular weight excluding hydrogens is 404 g/mol. The minimum atomic E-state index is -0.259. The summed E-state index contributed by atoms with van der Waals surface area (Å²) in [6.45, 7) is 3.95. The van der Waals surface area contributed by atoms with Crippen LogP contribution in [0.15, 0.2) is 84.2 Å². The Balaban J connectivity index is 1.70. The highest BCUT2D eigenvalue weighted by molar-refractivity contribution is 7.15. The summed E-state index contributed by atoms with van der Waals surface area (Å²) in [5.74, 6) is -0.504. The molecule has 0 aliphatic rings. The minimum absolute atomic E-state index is 0.244. The number of anilines is 2. The largest absolute Gasteiger partial charge is 0.322 e. The zero-order valence-electron chi connectivity index (χ0n) is 17.3. The van der Waals surface area contributed by atoms with Gasteiger partial charge in [0.1, 0.15) is 5.00 Å². The fourth-order valence-electron chi connectivity index (χ4n) is 3.30. The third-order valence-electron chi connectivity index (χ3n) is 4.92. The summed E-state index contributed by atoms with van der Waals surface area (Å²) in [6, 6.07) is 24.7. The van der Waals surface area contributed by atoms with Crippen LogP contribution in [-0.2, 0) is 0 Å². The summed E-state index contributed by atoms with van der Waals surface area (Å²) in [4.78, 5) is 26.1. The van der Waals surface area contributed by atoms with E-state index in [1.54, 1.807) is 12.1 Å². The van der Waals surface area contributed by atoms with Crippen LogP contribution in [0.5, 0.6) is 0 Å². The smallest absolute Gasteiger partial charge is 0.259 e. The number of thiophene rings is 1. The Kier molecular flexibility index (Phi) is 5.96. The zero-order chi connectivity index (χ0) is 21.8. The van der Waals surface area contributed by atoms with Gasteiger partial charge in [-0.1, -0.05) is 60.2 Å². The van der Waals surface area contributed by atoms with Gasteiger partial charge in [0.15, 0.2) is 0 Å². The molecular formula is C26H22N2O2S. The molecule has 0 spiro atoms. The normalized spacial score (nSPS) is 10.5. The summed E-state index contributed by atoms with van der Waals surface area (Å²) in [7, 11) is 0. The molecule has 5 heteroatoms. The Labute approximate surface area is 185 Å². The first-order valence-electron chi connectivity index (χ1n) is 9.94. The molecule has 1 heterocycles. The van der Waals surface area contributed by atoms with Gasteiger partial charge in [-0.05, 0) is 49.2 Å². The van der Waals surface area contributed by atoms with Crippen molar-refractivity contribution in [2.45, 2.75) is 13.8 Å². The summed E-state index contributed by atoms with van der Waals surface area (Å²) in [5, 5.41) is 8.34. The topological polar surface area (TPSA) is 58.2 Å². The number of amides is 2. The maximum atomic E-state index is 13.3. The number of hydrogen-bond donors (Lipinski definition) is 2. The Morgan fingerprint density at radius 1 is 0.742 bits per heavy atom. The van der Waals surface area contributed by atoms with Crippen molar-refractivity contribution < 1.29 is 9.59 Å². The van der Waals surface area contributed by atoms with Gasteiger partial charge >= 0.3 is 0 Å². The Morgan fingerprint density at radius 2 is 1.48 bits per heavy atom. The van der Waals surface area contributed by atoms with E-state index in [2.05, 4.69) is 10.6 Å². The van der Waals surface area contributed by atoms with Gasteiger partial charge in [-0.3, -0.25) is 9.59 Å². The van der Waals surface area contributed by atoms with Crippen molar-refractivity contribution in [3.63, 3.8) is 0 Å². The Hall–Kier alpha value is -3.70. The van der Waals surface area contributed by atoms with Crippen LogP contribution in [0.2, 0.25) is 0 Å². The summed E-state index contributed by atoms with van der Waals surface area (Å²) >= 11 is 1.35. The van der Waals surface area contributed by atoms with E-state index >= 15 is 0 Å². The van der Waals surface area contributed by atoms with Crippen LogP contribution < -0.4 is 10.6 Å². The number of nitrogens with one attached hydrogen (secondary N) is 2. The van der Waals surface area contributed by atoms with Crippen molar-refractivity contribution in [3.05, 3.63) is 106 Å². The number of benzene rings is 3. The first-order valence-corrected chi connectivity index (χ1v) is 10.8. The fourth-order valence-corrected chi connectivity index (χ4v) is 4.26. The lowest BCUT2D eigenvalue weighted by molar-refractivity contribution is 0.102. The molecule has 4 nitrogen and oxygen atoms in total. The molecule has 0 radical (unpaired) electrons. The summed E-state index contributed by atoms with van der Waals surface area (Å²) in [6.07, 6.45) is 0. The van der Waals surface area contributed by atoms with Crippen molar-refractivity contribution in [1.82, 2.24) is 0 Å². The first kappa shape index (κ1) is 20.6. The molecule has 2 N–H and O–H groups in total. The van der Waals surface area contributed by atoms with E-state index in [9.17, 15) is 9.59 Å². The van der Waals surface area contributed by atoms with Crippen LogP contribution in [0, 0.1) is 13.8 Å². The maximum Gasteiger partial charge on any atom is 0.259 e. The molecule has 0 saturated carbocycles. The molecule has 1 aromatic heterocycles. The minimum Gasteiger partial charge on any atom is -0.322 e. The second-order valence-electron chi connectivity index (χ2n) is 7.36. The Bertz CT molecular complexity index is 1230. The molecule has 0 atom stereocenters. The van der Waals surface area contributed by atoms with Crippen molar-refractivity contribution in [2.75, 3.05) is 10.6 Å². The number of carbonyl (C=O) groups is 2. The van der Waals surface area contributed by atoms with Crippen LogP contribution >= 0.6 is 11.3 Å². The van der Waals surface area contributed by atoms with Gasteiger partial charge in [-0.15, -0.1) is 11.3 Å². The van der Waals surface area contributed by atoms with E-state index in [1.807, 2.05) is 86.0 Å². The molecule has 4 rings (SSSR count). The van der Waals surface area contributed by atoms with Crippen LogP contribution in [0.1, 0.15) is 31.8 Å². The predicted molar refractivity (Wildman–Crippen MR) is 128 cm³/mol. The van der Waals surface area contributed by atoms with Crippen molar-refractivity contribution in [2.24, 2.45) is 0 Å². The molecule has 2 amide bonds. The molecule has 4 aromatic rings. The summed E-state index contributed by atoms with van der Waals surface area (Å²) < 4.78 is 0. The van der Waals surface area contributed by atoms with E-state index in [0.717, 1.165) is 22.3 Å². The van der Waals surface area contributed by atoms with Gasteiger partial charge in [0.2, 0.25) is 0 Å². The van der Waals surface area contributed by atoms with E-state index in [-0.39, 0.29) is 11.8 Å².